The number of alkyl halides is 3. The molecule has 2 bridgehead atoms. The van der Waals surface area contributed by atoms with Gasteiger partial charge in [-0.25, -0.2) is 9.97 Å². The van der Waals surface area contributed by atoms with Gasteiger partial charge in [-0.05, 0) is 87.0 Å². The highest BCUT2D eigenvalue weighted by Crippen LogP contribution is 2.47. The van der Waals surface area contributed by atoms with E-state index in [0.29, 0.717) is 61.5 Å². The Morgan fingerprint density at radius 1 is 0.966 bits per heavy atom. The maximum Gasteiger partial charge on any atom is 0.437 e. The molecule has 3 N–H and O–H groups in total. The Morgan fingerprint density at radius 3 is 2.41 bits per heavy atom. The molecule has 0 spiro atoms. The van der Waals surface area contributed by atoms with Gasteiger partial charge >= 0.3 is 12.1 Å². The summed E-state index contributed by atoms with van der Waals surface area (Å²) >= 11 is 7.16. The number of anilines is 1. The molecule has 3 saturated heterocycles. The molecule has 5 heterocycles. The molecule has 4 fully saturated rings. The molecule has 4 aromatic rings. The van der Waals surface area contributed by atoms with Crippen LogP contribution in [0.25, 0.3) is 22.4 Å². The van der Waals surface area contributed by atoms with E-state index in [9.17, 15) is 27.9 Å². The normalized spacial score (nSPS) is 22.8. The molecule has 5 aliphatic rings. The van der Waals surface area contributed by atoms with Crippen LogP contribution in [0.15, 0.2) is 48.5 Å². The number of methoxy groups -OCH3 is 2. The lowest BCUT2D eigenvalue weighted by Crippen LogP contribution is -2.56. The van der Waals surface area contributed by atoms with Crippen molar-refractivity contribution in [1.29, 1.82) is 0 Å². The lowest BCUT2D eigenvalue weighted by molar-refractivity contribution is -0.160. The highest BCUT2D eigenvalue weighted by atomic mass is 35.5. The maximum atomic E-state index is 14.7. The Kier molecular flexibility index (Phi) is 11.0. The smallest absolute Gasteiger partial charge is 0.437 e. The summed E-state index contributed by atoms with van der Waals surface area (Å²) in [7, 11) is 2.94. The van der Waals surface area contributed by atoms with Crippen molar-refractivity contribution in [1.82, 2.24) is 25.2 Å². The molecule has 15 heteroatoms. The van der Waals surface area contributed by atoms with Gasteiger partial charge in [-0.3, -0.25) is 14.5 Å². The van der Waals surface area contributed by atoms with E-state index in [4.69, 9.17) is 26.1 Å². The Labute approximate surface area is 339 Å². The van der Waals surface area contributed by atoms with Gasteiger partial charge < -0.3 is 25.2 Å². The number of carbonyl (C=O) groups excluding carboxylic acids is 1. The number of benzene rings is 2. The number of ether oxygens (including phenoxy) is 2. The van der Waals surface area contributed by atoms with Crippen LogP contribution < -0.4 is 20.1 Å². The summed E-state index contributed by atoms with van der Waals surface area (Å²) in [6.45, 7) is 0.248. The Morgan fingerprint density at radius 2 is 1.71 bits per heavy atom. The van der Waals surface area contributed by atoms with Gasteiger partial charge in [-0.1, -0.05) is 54.1 Å². The predicted molar refractivity (Wildman–Crippen MR) is 212 cm³/mol. The highest BCUT2D eigenvalue weighted by Gasteiger charge is 2.50. The first-order valence-electron chi connectivity index (χ1n) is 19.9. The second-order valence-corrected chi connectivity index (χ2v) is 16.3. The van der Waals surface area contributed by atoms with E-state index in [-0.39, 0.29) is 42.7 Å². The van der Waals surface area contributed by atoms with Crippen molar-refractivity contribution in [3.8, 4) is 34.1 Å². The monoisotopic (exact) mass is 818 g/mol. The van der Waals surface area contributed by atoms with Crippen LogP contribution in [0.3, 0.4) is 0 Å². The molecule has 0 radical (unpaired) electrons. The van der Waals surface area contributed by atoms with Crippen LogP contribution in [-0.4, -0.2) is 69.7 Å². The van der Waals surface area contributed by atoms with Crippen molar-refractivity contribution in [2.45, 2.75) is 101 Å². The minimum absolute atomic E-state index is 0.00345. The number of fused-ring (bicyclic) bond motifs is 4. The first-order valence-corrected chi connectivity index (χ1v) is 20.3. The average Bonchev–Trinajstić information content (AvgIpc) is 3.83. The molecular formula is C43H46ClF3N6O5. The molecule has 3 aliphatic heterocycles. The zero-order chi connectivity index (χ0) is 40.8. The van der Waals surface area contributed by atoms with Gasteiger partial charge in [0.1, 0.15) is 5.69 Å². The van der Waals surface area contributed by atoms with Crippen molar-refractivity contribution in [3.63, 3.8) is 0 Å². The number of rotatable bonds is 13. The number of amides is 1. The summed E-state index contributed by atoms with van der Waals surface area (Å²) in [4.78, 5) is 39.0. The Hall–Kier alpha value is -4.95. The molecule has 9 rings (SSSR count). The summed E-state index contributed by atoms with van der Waals surface area (Å²) < 4.78 is 55.4. The topological polar surface area (TPSA) is 139 Å². The number of pyridine rings is 1. The number of carboxylic acid groups (broad SMARTS) is 1. The van der Waals surface area contributed by atoms with E-state index in [1.54, 1.807) is 7.11 Å². The van der Waals surface area contributed by atoms with Crippen LogP contribution in [0.1, 0.15) is 91.9 Å². The molecule has 2 aliphatic carbocycles. The number of nitrogens with one attached hydrogen (secondary N) is 2. The summed E-state index contributed by atoms with van der Waals surface area (Å²) in [6.07, 6.45) is 2.66. The molecule has 2 atom stereocenters. The van der Waals surface area contributed by atoms with Crippen molar-refractivity contribution >= 4 is 29.3 Å². The third-order valence-corrected chi connectivity index (χ3v) is 12.9. The van der Waals surface area contributed by atoms with Crippen LogP contribution in [-0.2, 0) is 35.2 Å². The highest BCUT2D eigenvalue weighted by molar-refractivity contribution is 6.36. The summed E-state index contributed by atoms with van der Waals surface area (Å²) in [5, 5.41) is 16.5. The Balaban J connectivity index is 1.03. The molecular weight excluding hydrogens is 773 g/mol. The fraction of sp³-hybridized carbons (Fsp3) is 0.465. The van der Waals surface area contributed by atoms with E-state index < -0.39 is 35.1 Å². The minimum Gasteiger partial charge on any atom is -0.481 e. The number of carbonyl (C=O) groups is 2. The minimum atomic E-state index is -4.82. The van der Waals surface area contributed by atoms with Gasteiger partial charge in [-0.15, -0.1) is 0 Å². The second kappa shape index (κ2) is 16.0. The van der Waals surface area contributed by atoms with Crippen LogP contribution in [0, 0.1) is 5.41 Å². The number of halogens is 4. The molecule has 2 aromatic heterocycles. The SMILES string of the molecule is COc1nc(-c2cccc(-c3cccc4c3CC[C@@H]4Nc3nc(OC)c(CN4CC5(C(=O)O)CCC4CC5)nc3C(F)(F)F)c2Cl)ccc1CCC[C@@H]1CCC(=O)N1. The van der Waals surface area contributed by atoms with Gasteiger partial charge in [0.05, 0.1) is 36.4 Å². The van der Waals surface area contributed by atoms with Crippen molar-refractivity contribution < 1.29 is 37.3 Å². The summed E-state index contributed by atoms with van der Waals surface area (Å²) in [5.74, 6) is -0.708. The molecule has 0 unspecified atom stereocenters. The van der Waals surface area contributed by atoms with E-state index >= 15 is 0 Å². The lowest BCUT2D eigenvalue weighted by atomic mass is 9.67. The van der Waals surface area contributed by atoms with Crippen molar-refractivity contribution in [2.75, 3.05) is 26.1 Å². The molecule has 1 saturated carbocycles. The van der Waals surface area contributed by atoms with Crippen molar-refractivity contribution in [2.24, 2.45) is 5.41 Å². The Bertz CT molecular complexity index is 2230. The van der Waals surface area contributed by atoms with E-state index in [2.05, 4.69) is 20.6 Å². The number of nitrogens with zero attached hydrogens (tertiary/aromatic N) is 4. The van der Waals surface area contributed by atoms with E-state index in [1.165, 1.54) is 7.11 Å². The van der Waals surface area contributed by atoms with Gasteiger partial charge in [0, 0.05) is 48.3 Å². The van der Waals surface area contributed by atoms with Crippen molar-refractivity contribution in [3.05, 3.63) is 81.6 Å². The third-order valence-electron chi connectivity index (χ3n) is 12.5. The molecule has 11 nitrogen and oxygen atoms in total. The quantitative estimate of drug-likeness (QED) is 0.121. The molecule has 306 valence electrons. The lowest BCUT2D eigenvalue weighted by Gasteiger charge is -2.50. The van der Waals surface area contributed by atoms with E-state index in [0.717, 1.165) is 59.1 Å². The number of carboxylic acids is 1. The third kappa shape index (κ3) is 7.68. The number of aryl methyl sites for hydroxylation is 1. The first kappa shape index (κ1) is 39.9. The maximum absolute atomic E-state index is 14.7. The number of aromatic nitrogens is 3. The van der Waals surface area contributed by atoms with Crippen LogP contribution in [0.5, 0.6) is 11.8 Å². The molecule has 2 aromatic carbocycles. The largest absolute Gasteiger partial charge is 0.481 e. The zero-order valence-corrected chi connectivity index (χ0v) is 33.2. The van der Waals surface area contributed by atoms with E-state index in [1.807, 2.05) is 53.4 Å². The number of aliphatic carboxylic acids is 1. The second-order valence-electron chi connectivity index (χ2n) is 15.9. The van der Waals surface area contributed by atoms with Gasteiger partial charge in [0.25, 0.3) is 0 Å². The van der Waals surface area contributed by atoms with Gasteiger partial charge in [0.15, 0.2) is 11.5 Å². The van der Waals surface area contributed by atoms with Gasteiger partial charge in [-0.2, -0.15) is 18.2 Å². The zero-order valence-electron chi connectivity index (χ0n) is 32.4. The molecule has 58 heavy (non-hydrogen) atoms. The van der Waals surface area contributed by atoms with Gasteiger partial charge in [0.2, 0.25) is 17.7 Å². The predicted octanol–water partition coefficient (Wildman–Crippen LogP) is 8.42. The number of hydrogen-bond donors (Lipinski definition) is 3. The molecule has 1 amide bonds. The summed E-state index contributed by atoms with van der Waals surface area (Å²) in [6, 6.07) is 15.2. The first-order chi connectivity index (χ1) is 27.9. The van der Waals surface area contributed by atoms with Crippen LogP contribution >= 0.6 is 11.6 Å². The number of hydrogen-bond acceptors (Lipinski definition) is 9. The standard InChI is InChI=1S/C43H46ClF3N6O5/c1-57-39-24(6-3-7-25-13-17-35(54)48-25)12-15-33(51-39)31-11-5-10-30(36(31)44)27-8-4-9-29-28(27)14-16-32(29)50-38-37(43(45,46)47)49-34(40(52-38)58-2)22-53-23-42(41(55)56)20-18-26(53)19-21-42/h4-5,8-12,15,25-26,32H,3,6-7,13-14,16-23H2,1-2H3,(H,48,54)(H,50,52)(H,55,56)/t25-,26?,32+,42?/m1/s1. The fourth-order valence-corrected chi connectivity index (χ4v) is 9.78. The van der Waals surface area contributed by atoms with Crippen LogP contribution in [0.4, 0.5) is 19.0 Å². The van der Waals surface area contributed by atoms with Crippen LogP contribution in [0.2, 0.25) is 5.02 Å². The summed E-state index contributed by atoms with van der Waals surface area (Å²) in [5.41, 5.74) is 3.76. The number of piperidine rings is 2. The average molecular weight is 819 g/mol. The fourth-order valence-electron chi connectivity index (χ4n) is 9.45.